The van der Waals surface area contributed by atoms with Gasteiger partial charge in [-0.15, -0.1) is 11.3 Å². The van der Waals surface area contributed by atoms with Gasteiger partial charge in [-0.25, -0.2) is 9.98 Å². The van der Waals surface area contributed by atoms with Gasteiger partial charge in [0.05, 0.1) is 11.6 Å². The molecule has 1 amide bonds. The van der Waals surface area contributed by atoms with Gasteiger partial charge in [-0.05, 0) is 31.0 Å². The van der Waals surface area contributed by atoms with Gasteiger partial charge >= 0.3 is 0 Å². The molecule has 146 valence electrons. The zero-order valence-corrected chi connectivity index (χ0v) is 16.6. The zero-order valence-electron chi connectivity index (χ0n) is 15.8. The largest absolute Gasteiger partial charge is 0.484 e. The third-order valence-corrected chi connectivity index (χ3v) is 4.83. The SMILES string of the molecule is CCNC(=NCc1cccc(OCC(N)=O)c1)NCCc1ncc(CC)s1. The van der Waals surface area contributed by atoms with Crippen molar-refractivity contribution in [1.82, 2.24) is 15.6 Å². The Morgan fingerprint density at radius 3 is 2.89 bits per heavy atom. The molecule has 2 aromatic rings. The predicted octanol–water partition coefficient (Wildman–Crippen LogP) is 1.87. The number of thiazole rings is 1. The summed E-state index contributed by atoms with van der Waals surface area (Å²) in [6.45, 7) is 6.09. The first-order valence-electron chi connectivity index (χ1n) is 9.06. The van der Waals surface area contributed by atoms with E-state index in [4.69, 9.17) is 10.5 Å². The van der Waals surface area contributed by atoms with Crippen LogP contribution in [0.5, 0.6) is 5.75 Å². The molecule has 0 aliphatic rings. The van der Waals surface area contributed by atoms with E-state index in [2.05, 4.69) is 27.5 Å². The number of amides is 1. The van der Waals surface area contributed by atoms with Crippen LogP contribution in [-0.4, -0.2) is 36.5 Å². The summed E-state index contributed by atoms with van der Waals surface area (Å²) in [5.41, 5.74) is 6.09. The Balaban J connectivity index is 1.88. The highest BCUT2D eigenvalue weighted by Crippen LogP contribution is 2.14. The molecule has 0 aliphatic carbocycles. The summed E-state index contributed by atoms with van der Waals surface area (Å²) >= 11 is 1.76. The van der Waals surface area contributed by atoms with Gasteiger partial charge in [0.1, 0.15) is 5.75 Å². The number of aryl methyl sites for hydroxylation is 1. The third kappa shape index (κ3) is 7.65. The Labute approximate surface area is 164 Å². The number of carbonyl (C=O) groups excluding carboxylic acids is 1. The van der Waals surface area contributed by atoms with Crippen molar-refractivity contribution in [2.24, 2.45) is 10.7 Å². The summed E-state index contributed by atoms with van der Waals surface area (Å²) in [7, 11) is 0. The van der Waals surface area contributed by atoms with Gasteiger partial charge in [0, 0.05) is 30.6 Å². The molecule has 0 saturated heterocycles. The first-order valence-corrected chi connectivity index (χ1v) is 9.88. The molecule has 0 unspecified atom stereocenters. The number of nitrogens with two attached hydrogens (primary N) is 1. The molecule has 0 spiro atoms. The molecule has 0 bridgehead atoms. The van der Waals surface area contributed by atoms with Gasteiger partial charge in [-0.3, -0.25) is 4.79 Å². The summed E-state index contributed by atoms with van der Waals surface area (Å²) in [4.78, 5) is 21.2. The van der Waals surface area contributed by atoms with E-state index in [-0.39, 0.29) is 6.61 Å². The summed E-state index contributed by atoms with van der Waals surface area (Å²) in [5, 5.41) is 7.71. The number of ether oxygens (including phenoxy) is 1. The van der Waals surface area contributed by atoms with Crippen LogP contribution in [0.2, 0.25) is 0 Å². The Morgan fingerprint density at radius 1 is 1.33 bits per heavy atom. The van der Waals surface area contributed by atoms with Crippen molar-refractivity contribution in [3.63, 3.8) is 0 Å². The monoisotopic (exact) mass is 389 g/mol. The second kappa shape index (κ2) is 11.2. The smallest absolute Gasteiger partial charge is 0.255 e. The van der Waals surface area contributed by atoms with Crippen molar-refractivity contribution in [3.05, 3.63) is 45.9 Å². The second-order valence-corrected chi connectivity index (χ2v) is 7.05. The van der Waals surface area contributed by atoms with Crippen LogP contribution in [0.15, 0.2) is 35.5 Å². The molecule has 1 aromatic heterocycles. The number of rotatable bonds is 10. The lowest BCUT2D eigenvalue weighted by atomic mass is 10.2. The predicted molar refractivity (Wildman–Crippen MR) is 109 cm³/mol. The summed E-state index contributed by atoms with van der Waals surface area (Å²) in [5.74, 6) is 0.867. The lowest BCUT2D eigenvalue weighted by molar-refractivity contribution is -0.119. The number of nitrogens with one attached hydrogen (secondary N) is 2. The molecule has 0 aliphatic heterocycles. The van der Waals surface area contributed by atoms with Gasteiger partial charge in [0.25, 0.3) is 5.91 Å². The van der Waals surface area contributed by atoms with Gasteiger partial charge in [-0.2, -0.15) is 0 Å². The highest BCUT2D eigenvalue weighted by atomic mass is 32.1. The molecule has 0 fully saturated rings. The first-order chi connectivity index (χ1) is 13.1. The molecule has 4 N–H and O–H groups in total. The van der Waals surface area contributed by atoms with Gasteiger partial charge < -0.3 is 21.1 Å². The number of carbonyl (C=O) groups is 1. The van der Waals surface area contributed by atoms with Crippen molar-refractivity contribution in [3.8, 4) is 5.75 Å². The maximum Gasteiger partial charge on any atom is 0.255 e. The van der Waals surface area contributed by atoms with Gasteiger partial charge in [0.15, 0.2) is 12.6 Å². The second-order valence-electron chi connectivity index (χ2n) is 5.85. The maximum atomic E-state index is 10.8. The quantitative estimate of drug-likeness (QED) is 0.425. The molecule has 1 aromatic carbocycles. The molecule has 1 heterocycles. The van der Waals surface area contributed by atoms with E-state index in [1.54, 1.807) is 17.4 Å². The third-order valence-electron chi connectivity index (χ3n) is 3.62. The van der Waals surface area contributed by atoms with Crippen LogP contribution in [-0.2, 0) is 24.2 Å². The Kier molecular flexibility index (Phi) is 8.57. The standard InChI is InChI=1S/C19H27N5O2S/c1-3-16-12-23-18(27-16)8-9-22-19(21-4-2)24-11-14-6-5-7-15(10-14)26-13-17(20)25/h5-7,10,12H,3-4,8-9,11,13H2,1-2H3,(H2,20,25)(H2,21,22,24). The molecule has 2 rings (SSSR count). The lowest BCUT2D eigenvalue weighted by Gasteiger charge is -2.11. The number of aliphatic imine (C=N–C) groups is 1. The van der Waals surface area contributed by atoms with Crippen molar-refractivity contribution in [1.29, 1.82) is 0 Å². The highest BCUT2D eigenvalue weighted by Gasteiger charge is 2.03. The highest BCUT2D eigenvalue weighted by molar-refractivity contribution is 7.11. The van der Waals surface area contributed by atoms with E-state index in [1.165, 1.54) is 4.88 Å². The minimum atomic E-state index is -0.497. The van der Waals surface area contributed by atoms with E-state index in [0.29, 0.717) is 12.3 Å². The Hall–Kier alpha value is -2.61. The number of hydrogen-bond acceptors (Lipinski definition) is 5. The van der Waals surface area contributed by atoms with Crippen LogP contribution in [0.3, 0.4) is 0 Å². The number of nitrogens with zero attached hydrogens (tertiary/aromatic N) is 2. The fraction of sp³-hybridized carbons (Fsp3) is 0.421. The minimum absolute atomic E-state index is 0.132. The summed E-state index contributed by atoms with van der Waals surface area (Å²) in [6, 6.07) is 7.48. The number of aromatic nitrogens is 1. The normalized spacial score (nSPS) is 11.3. The van der Waals surface area contributed by atoms with Crippen LogP contribution < -0.4 is 21.1 Å². The van der Waals surface area contributed by atoms with Crippen molar-refractivity contribution >= 4 is 23.2 Å². The molecule has 27 heavy (non-hydrogen) atoms. The van der Waals surface area contributed by atoms with E-state index < -0.39 is 5.91 Å². The van der Waals surface area contributed by atoms with E-state index in [1.807, 2.05) is 31.3 Å². The summed E-state index contributed by atoms with van der Waals surface area (Å²) < 4.78 is 5.33. The molecule has 0 saturated carbocycles. The number of guanidine groups is 1. The maximum absolute atomic E-state index is 10.8. The lowest BCUT2D eigenvalue weighted by Crippen LogP contribution is -2.38. The zero-order chi connectivity index (χ0) is 19.5. The van der Waals surface area contributed by atoms with E-state index >= 15 is 0 Å². The molecule has 0 atom stereocenters. The van der Waals surface area contributed by atoms with Crippen molar-refractivity contribution in [2.45, 2.75) is 33.2 Å². The molecule has 7 nitrogen and oxygen atoms in total. The number of hydrogen-bond donors (Lipinski definition) is 3. The number of primary amides is 1. The molecule has 0 radical (unpaired) electrons. The average molecular weight is 390 g/mol. The van der Waals surface area contributed by atoms with Crippen molar-refractivity contribution in [2.75, 3.05) is 19.7 Å². The van der Waals surface area contributed by atoms with Crippen LogP contribution in [0.1, 0.15) is 29.3 Å². The minimum Gasteiger partial charge on any atom is -0.484 e. The van der Waals surface area contributed by atoms with Crippen LogP contribution >= 0.6 is 11.3 Å². The Morgan fingerprint density at radius 2 is 2.19 bits per heavy atom. The van der Waals surface area contributed by atoms with Gasteiger partial charge in [-0.1, -0.05) is 19.1 Å². The molecule has 8 heteroatoms. The van der Waals surface area contributed by atoms with Gasteiger partial charge in [0.2, 0.25) is 0 Å². The number of benzene rings is 1. The van der Waals surface area contributed by atoms with Crippen LogP contribution in [0.4, 0.5) is 0 Å². The molecular weight excluding hydrogens is 362 g/mol. The summed E-state index contributed by atoms with van der Waals surface area (Å²) in [6.07, 6.45) is 3.84. The fourth-order valence-electron chi connectivity index (χ4n) is 2.32. The average Bonchev–Trinajstić information content (AvgIpc) is 3.13. The molecular formula is C19H27N5O2S. The van der Waals surface area contributed by atoms with E-state index in [9.17, 15) is 4.79 Å². The van der Waals surface area contributed by atoms with Crippen LogP contribution in [0.25, 0.3) is 0 Å². The topological polar surface area (TPSA) is 102 Å². The van der Waals surface area contributed by atoms with Crippen LogP contribution in [0, 0.1) is 0 Å². The Bertz CT molecular complexity index is 760. The van der Waals surface area contributed by atoms with Crippen molar-refractivity contribution < 1.29 is 9.53 Å². The fourth-order valence-corrected chi connectivity index (χ4v) is 3.18. The van der Waals surface area contributed by atoms with E-state index in [0.717, 1.165) is 42.5 Å². The first kappa shape index (κ1) is 20.7.